The highest BCUT2D eigenvalue weighted by molar-refractivity contribution is 5.77. The molecule has 0 aliphatic carbocycles. The van der Waals surface area contributed by atoms with Crippen molar-refractivity contribution in [2.75, 3.05) is 32.7 Å². The number of carbonyl (C=O) groups is 2. The summed E-state index contributed by atoms with van der Waals surface area (Å²) in [5, 5.41) is 0. The van der Waals surface area contributed by atoms with E-state index in [9.17, 15) is 9.59 Å². The molecule has 2 aliphatic heterocycles. The van der Waals surface area contributed by atoms with Gasteiger partial charge in [-0.15, -0.1) is 0 Å². The Kier molecular flexibility index (Phi) is 5.79. The molecule has 26 heavy (non-hydrogen) atoms. The van der Waals surface area contributed by atoms with Gasteiger partial charge in [0.25, 0.3) is 0 Å². The zero-order valence-corrected chi connectivity index (χ0v) is 16.0. The number of rotatable bonds is 4. The molecule has 0 N–H and O–H groups in total. The van der Waals surface area contributed by atoms with Gasteiger partial charge in [-0.25, -0.2) is 4.79 Å². The maximum absolute atomic E-state index is 12.6. The number of pyridine rings is 1. The summed E-state index contributed by atoms with van der Waals surface area (Å²) in [6.07, 6.45) is 7.09. The molecule has 3 amide bonds. The van der Waals surface area contributed by atoms with Gasteiger partial charge in [0.15, 0.2) is 0 Å². The van der Waals surface area contributed by atoms with Crippen molar-refractivity contribution in [1.29, 1.82) is 0 Å². The van der Waals surface area contributed by atoms with Crippen molar-refractivity contribution >= 4 is 11.9 Å². The van der Waals surface area contributed by atoms with E-state index in [0.29, 0.717) is 13.0 Å². The first-order valence-electron chi connectivity index (χ1n) is 9.77. The first-order valence-corrected chi connectivity index (χ1v) is 9.77. The predicted octanol–water partition coefficient (Wildman–Crippen LogP) is 2.75. The number of carbonyl (C=O) groups excluding carboxylic acids is 2. The smallest absolute Gasteiger partial charge is 0.319 e. The third-order valence-corrected chi connectivity index (χ3v) is 6.00. The monoisotopic (exact) mass is 358 g/mol. The molecular formula is C20H30N4O2. The van der Waals surface area contributed by atoms with Crippen LogP contribution < -0.4 is 0 Å². The van der Waals surface area contributed by atoms with Gasteiger partial charge in [-0.05, 0) is 56.2 Å². The van der Waals surface area contributed by atoms with Crippen molar-refractivity contribution in [2.24, 2.45) is 5.41 Å². The maximum Gasteiger partial charge on any atom is 0.319 e. The largest absolute Gasteiger partial charge is 0.338 e. The average Bonchev–Trinajstić information content (AvgIpc) is 2.67. The van der Waals surface area contributed by atoms with Crippen LogP contribution in [0, 0.1) is 5.41 Å². The second kappa shape index (κ2) is 8.06. The van der Waals surface area contributed by atoms with Gasteiger partial charge in [0.1, 0.15) is 0 Å². The van der Waals surface area contributed by atoms with Gasteiger partial charge in [-0.3, -0.25) is 9.78 Å². The molecule has 1 aromatic rings. The van der Waals surface area contributed by atoms with Crippen LogP contribution >= 0.6 is 0 Å². The molecule has 6 heteroatoms. The van der Waals surface area contributed by atoms with E-state index in [0.717, 1.165) is 57.5 Å². The fourth-order valence-corrected chi connectivity index (χ4v) is 4.23. The Labute approximate surface area is 156 Å². The number of hydrogen-bond acceptors (Lipinski definition) is 3. The summed E-state index contributed by atoms with van der Waals surface area (Å²) in [6, 6.07) is 4.10. The summed E-state index contributed by atoms with van der Waals surface area (Å²) in [4.78, 5) is 34.9. The van der Waals surface area contributed by atoms with Crippen molar-refractivity contribution in [1.82, 2.24) is 19.7 Å². The Morgan fingerprint density at radius 2 is 1.81 bits per heavy atom. The Balaban J connectivity index is 1.61. The number of urea groups is 1. The quantitative estimate of drug-likeness (QED) is 0.832. The van der Waals surface area contributed by atoms with Crippen molar-refractivity contribution in [3.63, 3.8) is 0 Å². The average molecular weight is 358 g/mol. The molecule has 1 spiro atoms. The van der Waals surface area contributed by atoms with E-state index in [2.05, 4.69) is 4.98 Å². The molecule has 1 aromatic heterocycles. The fraction of sp³-hybridized carbons (Fsp3) is 0.650. The summed E-state index contributed by atoms with van der Waals surface area (Å²) in [5.74, 6) is 0.245. The van der Waals surface area contributed by atoms with E-state index in [1.54, 1.807) is 12.4 Å². The third-order valence-electron chi connectivity index (χ3n) is 6.00. The zero-order chi connectivity index (χ0) is 18.6. The first-order chi connectivity index (χ1) is 12.6. The molecule has 0 bridgehead atoms. The molecule has 0 atom stereocenters. The minimum atomic E-state index is 0.158. The van der Waals surface area contributed by atoms with Gasteiger partial charge in [0, 0.05) is 58.1 Å². The summed E-state index contributed by atoms with van der Waals surface area (Å²) in [7, 11) is 0. The number of nitrogens with zero attached hydrogens (tertiary/aromatic N) is 4. The van der Waals surface area contributed by atoms with Crippen LogP contribution in [0.1, 0.15) is 45.1 Å². The maximum atomic E-state index is 12.6. The van der Waals surface area contributed by atoms with Crippen LogP contribution in [-0.4, -0.2) is 64.3 Å². The lowest BCUT2D eigenvalue weighted by Gasteiger charge is -2.48. The van der Waals surface area contributed by atoms with Crippen LogP contribution in [0.4, 0.5) is 4.79 Å². The summed E-state index contributed by atoms with van der Waals surface area (Å²) in [6.45, 7) is 8.62. The van der Waals surface area contributed by atoms with E-state index >= 15 is 0 Å². The van der Waals surface area contributed by atoms with Crippen molar-refractivity contribution < 1.29 is 9.59 Å². The Morgan fingerprint density at radius 3 is 2.42 bits per heavy atom. The second-order valence-corrected chi connectivity index (χ2v) is 7.55. The summed E-state index contributed by atoms with van der Waals surface area (Å²) >= 11 is 0. The molecular weight excluding hydrogens is 328 g/mol. The van der Waals surface area contributed by atoms with Crippen LogP contribution in [-0.2, 0) is 11.3 Å². The minimum absolute atomic E-state index is 0.158. The van der Waals surface area contributed by atoms with Gasteiger partial charge in [0.05, 0.1) is 0 Å². The van der Waals surface area contributed by atoms with Crippen molar-refractivity contribution in [2.45, 2.75) is 46.1 Å². The summed E-state index contributed by atoms with van der Waals surface area (Å²) < 4.78 is 0. The van der Waals surface area contributed by atoms with E-state index < -0.39 is 0 Å². The molecule has 0 aromatic carbocycles. The lowest BCUT2D eigenvalue weighted by Crippen LogP contribution is -2.54. The molecule has 2 aliphatic rings. The van der Waals surface area contributed by atoms with Crippen molar-refractivity contribution in [3.8, 4) is 0 Å². The summed E-state index contributed by atoms with van der Waals surface area (Å²) in [5.41, 5.74) is 1.29. The van der Waals surface area contributed by atoms with Gasteiger partial charge in [-0.2, -0.15) is 0 Å². The molecule has 6 nitrogen and oxygen atoms in total. The normalized spacial score (nSPS) is 19.7. The van der Waals surface area contributed by atoms with Gasteiger partial charge >= 0.3 is 6.03 Å². The van der Waals surface area contributed by atoms with Gasteiger partial charge in [0.2, 0.25) is 5.91 Å². The van der Waals surface area contributed by atoms with Crippen LogP contribution in [0.25, 0.3) is 0 Å². The molecule has 142 valence electrons. The van der Waals surface area contributed by atoms with Crippen LogP contribution in [0.5, 0.6) is 0 Å². The SMILES string of the molecule is CCN(CC)C(=O)N1CCC2(CCC(=O)N(Cc3ccncc3)C2)CC1. The highest BCUT2D eigenvalue weighted by Crippen LogP contribution is 2.40. The number of amides is 3. The lowest BCUT2D eigenvalue weighted by atomic mass is 9.72. The van der Waals surface area contributed by atoms with E-state index in [4.69, 9.17) is 0 Å². The highest BCUT2D eigenvalue weighted by Gasteiger charge is 2.42. The van der Waals surface area contributed by atoms with Crippen LogP contribution in [0.3, 0.4) is 0 Å². The lowest BCUT2D eigenvalue weighted by molar-refractivity contribution is -0.139. The molecule has 0 unspecified atom stereocenters. The first kappa shape index (κ1) is 18.7. The highest BCUT2D eigenvalue weighted by atomic mass is 16.2. The fourth-order valence-electron chi connectivity index (χ4n) is 4.23. The van der Waals surface area contributed by atoms with E-state index in [1.165, 1.54) is 0 Å². The van der Waals surface area contributed by atoms with Crippen LogP contribution in [0.2, 0.25) is 0 Å². The Hall–Kier alpha value is -2.11. The second-order valence-electron chi connectivity index (χ2n) is 7.55. The number of aromatic nitrogens is 1. The van der Waals surface area contributed by atoms with Gasteiger partial charge < -0.3 is 14.7 Å². The molecule has 0 radical (unpaired) electrons. The number of piperidine rings is 2. The third kappa shape index (κ3) is 4.00. The number of likely N-dealkylation sites (tertiary alicyclic amines) is 2. The molecule has 2 saturated heterocycles. The minimum Gasteiger partial charge on any atom is -0.338 e. The Morgan fingerprint density at radius 1 is 1.15 bits per heavy atom. The van der Waals surface area contributed by atoms with Gasteiger partial charge in [-0.1, -0.05) is 0 Å². The van der Waals surface area contributed by atoms with E-state index in [-0.39, 0.29) is 17.4 Å². The molecule has 0 saturated carbocycles. The standard InChI is InChI=1S/C20H30N4O2/c1-3-22(4-2)19(26)23-13-9-20(10-14-23)8-5-18(25)24(16-20)15-17-6-11-21-12-7-17/h6-7,11-12H,3-5,8-10,13-16H2,1-2H3. The topological polar surface area (TPSA) is 56.8 Å². The number of hydrogen-bond donors (Lipinski definition) is 0. The Bertz CT molecular complexity index is 622. The zero-order valence-electron chi connectivity index (χ0n) is 16.0. The van der Waals surface area contributed by atoms with E-state index in [1.807, 2.05) is 40.7 Å². The molecule has 3 rings (SSSR count). The van der Waals surface area contributed by atoms with Crippen LogP contribution in [0.15, 0.2) is 24.5 Å². The predicted molar refractivity (Wildman–Crippen MR) is 100 cm³/mol. The van der Waals surface area contributed by atoms with Crippen molar-refractivity contribution in [3.05, 3.63) is 30.1 Å². The molecule has 3 heterocycles. The molecule has 2 fully saturated rings.